The van der Waals surface area contributed by atoms with Crippen molar-refractivity contribution < 1.29 is 13.2 Å². The number of ether oxygens (including phenoxy) is 1. The molecule has 1 heterocycles. The molecule has 0 fully saturated rings. The SMILES string of the molecule is O=S1(=O)c2cc(Br)cc(Br)c2Oc2cc(Br)cc(Br)c21. The molecule has 8 heteroatoms. The third-order valence-corrected chi connectivity index (χ3v) is 6.95. The third-order valence-electron chi connectivity index (χ3n) is 2.72. The zero-order valence-corrected chi connectivity index (χ0v) is 16.6. The van der Waals surface area contributed by atoms with Gasteiger partial charge in [0.15, 0.2) is 5.75 Å². The van der Waals surface area contributed by atoms with Gasteiger partial charge in [-0.05, 0) is 56.1 Å². The van der Waals surface area contributed by atoms with Crippen LogP contribution in [-0.2, 0) is 9.84 Å². The van der Waals surface area contributed by atoms with Gasteiger partial charge in [-0.1, -0.05) is 31.9 Å². The van der Waals surface area contributed by atoms with Gasteiger partial charge in [0, 0.05) is 13.4 Å². The minimum atomic E-state index is -3.65. The van der Waals surface area contributed by atoms with E-state index in [9.17, 15) is 8.42 Å². The maximum absolute atomic E-state index is 12.8. The van der Waals surface area contributed by atoms with E-state index in [2.05, 4.69) is 63.7 Å². The van der Waals surface area contributed by atoms with Crippen molar-refractivity contribution in [3.63, 3.8) is 0 Å². The molecule has 0 atom stereocenters. The molecule has 1 aliphatic rings. The van der Waals surface area contributed by atoms with Gasteiger partial charge in [0.05, 0.1) is 4.47 Å². The van der Waals surface area contributed by atoms with Gasteiger partial charge >= 0.3 is 0 Å². The second-order valence-corrected chi connectivity index (χ2v) is 9.43. The molecule has 0 saturated heterocycles. The Balaban J connectivity index is 2.41. The summed E-state index contributed by atoms with van der Waals surface area (Å²) in [6, 6.07) is 6.59. The summed E-state index contributed by atoms with van der Waals surface area (Å²) in [6.07, 6.45) is 0. The average Bonchev–Trinajstić information content (AvgIpc) is 2.29. The summed E-state index contributed by atoms with van der Waals surface area (Å²) in [5, 5.41) is 0. The predicted molar refractivity (Wildman–Crippen MR) is 89.2 cm³/mol. The van der Waals surface area contributed by atoms with Crippen LogP contribution in [0.5, 0.6) is 11.5 Å². The van der Waals surface area contributed by atoms with Crippen LogP contribution in [0.3, 0.4) is 0 Å². The Hall–Kier alpha value is 0.110. The lowest BCUT2D eigenvalue weighted by Gasteiger charge is -2.22. The first-order valence-corrected chi connectivity index (χ1v) is 9.87. The lowest BCUT2D eigenvalue weighted by Crippen LogP contribution is -2.12. The number of benzene rings is 2. The van der Waals surface area contributed by atoms with E-state index >= 15 is 0 Å². The van der Waals surface area contributed by atoms with Gasteiger partial charge in [-0.3, -0.25) is 0 Å². The number of hydrogen-bond acceptors (Lipinski definition) is 3. The summed E-state index contributed by atoms with van der Waals surface area (Å²) in [7, 11) is -3.65. The minimum absolute atomic E-state index is 0.134. The fourth-order valence-corrected chi connectivity index (χ4v) is 6.92. The Morgan fingerprint density at radius 3 is 2.15 bits per heavy atom. The highest BCUT2D eigenvalue weighted by Crippen LogP contribution is 2.50. The van der Waals surface area contributed by atoms with Crippen LogP contribution >= 0.6 is 63.7 Å². The van der Waals surface area contributed by atoms with Crippen LogP contribution in [0.4, 0.5) is 0 Å². The normalized spacial score (nSPS) is 15.2. The van der Waals surface area contributed by atoms with Gasteiger partial charge in [-0.25, -0.2) is 8.42 Å². The quantitative estimate of drug-likeness (QED) is 0.364. The van der Waals surface area contributed by atoms with Crippen molar-refractivity contribution >= 4 is 73.6 Å². The Morgan fingerprint density at radius 2 is 1.45 bits per heavy atom. The molecule has 104 valence electrons. The summed E-state index contributed by atoms with van der Waals surface area (Å²) < 4.78 is 33.7. The van der Waals surface area contributed by atoms with Crippen LogP contribution in [-0.4, -0.2) is 8.42 Å². The van der Waals surface area contributed by atoms with E-state index in [-0.39, 0.29) is 9.79 Å². The van der Waals surface area contributed by atoms with Gasteiger partial charge in [-0.2, -0.15) is 0 Å². The largest absolute Gasteiger partial charge is 0.453 e. The predicted octanol–water partition coefficient (Wildman–Crippen LogP) is 5.68. The second kappa shape index (κ2) is 5.08. The first-order valence-electron chi connectivity index (χ1n) is 5.22. The summed E-state index contributed by atoms with van der Waals surface area (Å²) in [4.78, 5) is 0.271. The first kappa shape index (κ1) is 15.0. The van der Waals surface area contributed by atoms with Crippen LogP contribution in [0.1, 0.15) is 0 Å². The van der Waals surface area contributed by atoms with Gasteiger partial charge in [0.1, 0.15) is 15.5 Å². The standard InChI is InChI=1S/C12H4Br4O3S/c13-5-2-8(16)12-9(3-5)19-11-7(15)1-6(14)4-10(11)20(12,17)18/h1-4H. The van der Waals surface area contributed by atoms with E-state index in [0.29, 0.717) is 24.9 Å². The number of rotatable bonds is 0. The molecule has 0 aromatic heterocycles. The Labute approximate surface area is 149 Å². The van der Waals surface area contributed by atoms with Crippen molar-refractivity contribution in [1.29, 1.82) is 0 Å². The van der Waals surface area contributed by atoms with Crippen molar-refractivity contribution in [3.8, 4) is 11.5 Å². The molecule has 0 radical (unpaired) electrons. The Bertz CT molecular complexity index is 846. The monoisotopic (exact) mass is 544 g/mol. The molecular formula is C12H4Br4O3S. The molecule has 0 amide bonds. The van der Waals surface area contributed by atoms with Gasteiger partial charge in [0.25, 0.3) is 0 Å². The van der Waals surface area contributed by atoms with E-state index < -0.39 is 9.84 Å². The highest BCUT2D eigenvalue weighted by atomic mass is 79.9. The van der Waals surface area contributed by atoms with Crippen LogP contribution in [0.25, 0.3) is 0 Å². The Kier molecular flexibility index (Phi) is 3.82. The molecule has 0 bridgehead atoms. The van der Waals surface area contributed by atoms with Crippen molar-refractivity contribution in [1.82, 2.24) is 0 Å². The Morgan fingerprint density at radius 1 is 0.850 bits per heavy atom. The van der Waals surface area contributed by atoms with E-state index in [1.54, 1.807) is 18.2 Å². The second-order valence-electron chi connectivity index (χ2n) is 4.04. The highest BCUT2D eigenvalue weighted by molar-refractivity contribution is 9.11. The number of sulfone groups is 1. The van der Waals surface area contributed by atoms with E-state index in [1.807, 2.05) is 0 Å². The molecule has 2 aromatic carbocycles. The molecule has 2 aromatic rings. The van der Waals surface area contributed by atoms with Crippen molar-refractivity contribution in [2.45, 2.75) is 9.79 Å². The van der Waals surface area contributed by atoms with Crippen LogP contribution < -0.4 is 4.74 Å². The molecule has 3 nitrogen and oxygen atoms in total. The number of halogens is 4. The van der Waals surface area contributed by atoms with Gasteiger partial charge in [0.2, 0.25) is 9.84 Å². The topological polar surface area (TPSA) is 43.4 Å². The van der Waals surface area contributed by atoms with Crippen molar-refractivity contribution in [2.24, 2.45) is 0 Å². The highest BCUT2D eigenvalue weighted by Gasteiger charge is 2.35. The average molecular weight is 548 g/mol. The molecule has 20 heavy (non-hydrogen) atoms. The smallest absolute Gasteiger partial charge is 0.215 e. The summed E-state index contributed by atoms with van der Waals surface area (Å²) in [5.74, 6) is 0.590. The lowest BCUT2D eigenvalue weighted by atomic mass is 10.3. The zero-order chi connectivity index (χ0) is 14.7. The zero-order valence-electron chi connectivity index (χ0n) is 9.45. The fraction of sp³-hybridized carbons (Fsp3) is 0. The van der Waals surface area contributed by atoms with Crippen LogP contribution in [0.2, 0.25) is 0 Å². The number of hydrogen-bond donors (Lipinski definition) is 0. The molecule has 0 spiro atoms. The molecule has 3 rings (SSSR count). The van der Waals surface area contributed by atoms with E-state index in [0.717, 1.165) is 4.47 Å². The summed E-state index contributed by atoms with van der Waals surface area (Å²) >= 11 is 13.2. The molecular weight excluding hydrogens is 544 g/mol. The van der Waals surface area contributed by atoms with Crippen LogP contribution in [0, 0.1) is 0 Å². The first-order chi connectivity index (χ1) is 9.30. The third kappa shape index (κ3) is 2.29. The molecule has 0 aliphatic carbocycles. The summed E-state index contributed by atoms with van der Waals surface area (Å²) in [6.45, 7) is 0. The fourth-order valence-electron chi connectivity index (χ4n) is 1.93. The van der Waals surface area contributed by atoms with Gasteiger partial charge < -0.3 is 4.74 Å². The van der Waals surface area contributed by atoms with E-state index in [4.69, 9.17) is 4.74 Å². The van der Waals surface area contributed by atoms with Crippen LogP contribution in [0.15, 0.2) is 51.9 Å². The van der Waals surface area contributed by atoms with Crippen molar-refractivity contribution in [3.05, 3.63) is 42.2 Å². The van der Waals surface area contributed by atoms with Gasteiger partial charge in [-0.15, -0.1) is 0 Å². The molecule has 0 saturated carbocycles. The molecule has 0 unspecified atom stereocenters. The lowest BCUT2D eigenvalue weighted by molar-refractivity contribution is 0.438. The molecule has 0 N–H and O–H groups in total. The van der Waals surface area contributed by atoms with E-state index in [1.165, 1.54) is 6.07 Å². The van der Waals surface area contributed by atoms with Crippen molar-refractivity contribution in [2.75, 3.05) is 0 Å². The summed E-state index contributed by atoms with van der Waals surface area (Å²) in [5.41, 5.74) is 0. The maximum atomic E-state index is 12.8. The number of fused-ring (bicyclic) bond motifs is 2. The minimum Gasteiger partial charge on any atom is -0.453 e. The maximum Gasteiger partial charge on any atom is 0.215 e. The molecule has 1 aliphatic heterocycles.